The van der Waals surface area contributed by atoms with Crippen LogP contribution in [-0.4, -0.2) is 31.8 Å². The first-order valence-electron chi connectivity index (χ1n) is 11.8. The molecule has 0 radical (unpaired) electrons. The van der Waals surface area contributed by atoms with E-state index in [-0.39, 0.29) is 23.5 Å². The van der Waals surface area contributed by atoms with Crippen LogP contribution in [0.5, 0.6) is 0 Å². The third-order valence-corrected chi connectivity index (χ3v) is 7.37. The van der Waals surface area contributed by atoms with Crippen LogP contribution in [0.15, 0.2) is 76.3 Å². The molecule has 176 valence electrons. The average molecular weight is 484 g/mol. The third kappa shape index (κ3) is 2.44. The molecular formula is C29H16N4O4. The summed E-state index contributed by atoms with van der Waals surface area (Å²) in [6.45, 7) is 0. The quantitative estimate of drug-likeness (QED) is 0.271. The highest BCUT2D eigenvalue weighted by molar-refractivity contribution is 6.27. The number of esters is 1. The number of carbonyl (C=O) groups excluding carboxylic acids is 1. The number of para-hydroxylation sites is 2. The Balaban J connectivity index is 1.56. The minimum atomic E-state index is -0.357. The Morgan fingerprint density at radius 1 is 0.730 bits per heavy atom. The van der Waals surface area contributed by atoms with Gasteiger partial charge >= 0.3 is 5.97 Å². The van der Waals surface area contributed by atoms with Crippen molar-refractivity contribution in [2.24, 2.45) is 0 Å². The maximum Gasteiger partial charge on any atom is 0.309 e. The zero-order chi connectivity index (χ0) is 25.0. The molecule has 4 aromatic heterocycles. The molecule has 0 atom stereocenters. The fourth-order valence-electron chi connectivity index (χ4n) is 5.73. The van der Waals surface area contributed by atoms with Crippen molar-refractivity contribution in [2.75, 3.05) is 7.11 Å². The van der Waals surface area contributed by atoms with Crippen LogP contribution in [0.2, 0.25) is 0 Å². The molecule has 8 nitrogen and oxygen atoms in total. The molecule has 8 aromatic rings. The van der Waals surface area contributed by atoms with Crippen LogP contribution >= 0.6 is 0 Å². The van der Waals surface area contributed by atoms with Gasteiger partial charge in [0.1, 0.15) is 11.3 Å². The Morgan fingerprint density at radius 3 is 1.95 bits per heavy atom. The standard InChI is InChI=1S/C29H16N4O4/c1-37-23(34)13-14-6-11-20-22(12-14)33-27(31-20)16-8-7-15-24-17(9-10-18(25(16)24)29(33)36)28(35)32-21-5-3-2-4-19(21)30-26(15)32/h2-12H,13H2,1H3. The second-order valence-corrected chi connectivity index (χ2v) is 9.29. The first-order chi connectivity index (χ1) is 18.0. The number of ether oxygens (including phenoxy) is 1. The summed E-state index contributed by atoms with van der Waals surface area (Å²) in [6.07, 6.45) is 0.100. The van der Waals surface area contributed by atoms with E-state index in [0.717, 1.165) is 32.8 Å². The van der Waals surface area contributed by atoms with Crippen molar-refractivity contribution in [3.05, 3.63) is 93.0 Å². The smallest absolute Gasteiger partial charge is 0.309 e. The maximum absolute atomic E-state index is 13.9. The monoisotopic (exact) mass is 484 g/mol. The molecular weight excluding hydrogens is 468 g/mol. The third-order valence-electron chi connectivity index (χ3n) is 7.37. The Labute approximate surface area is 206 Å². The van der Waals surface area contributed by atoms with Crippen LogP contribution in [0.25, 0.3) is 65.7 Å². The van der Waals surface area contributed by atoms with Crippen molar-refractivity contribution in [3.8, 4) is 0 Å². The lowest BCUT2D eigenvalue weighted by Gasteiger charge is -2.12. The van der Waals surface area contributed by atoms with E-state index in [0.29, 0.717) is 38.5 Å². The number of imidazole rings is 2. The number of pyridine rings is 2. The fourth-order valence-corrected chi connectivity index (χ4v) is 5.73. The van der Waals surface area contributed by atoms with Gasteiger partial charge in [0.25, 0.3) is 11.1 Å². The number of carbonyl (C=O) groups is 1. The van der Waals surface area contributed by atoms with Gasteiger partial charge in [-0.05, 0) is 54.1 Å². The number of methoxy groups -OCH3 is 1. The molecule has 0 amide bonds. The van der Waals surface area contributed by atoms with Crippen molar-refractivity contribution >= 4 is 71.6 Å². The van der Waals surface area contributed by atoms with Crippen molar-refractivity contribution in [1.29, 1.82) is 0 Å². The molecule has 37 heavy (non-hydrogen) atoms. The number of aromatic nitrogens is 4. The molecule has 0 N–H and O–H groups in total. The molecule has 0 bridgehead atoms. The summed E-state index contributed by atoms with van der Waals surface area (Å²) in [7, 11) is 1.35. The lowest BCUT2D eigenvalue weighted by molar-refractivity contribution is -0.139. The summed E-state index contributed by atoms with van der Waals surface area (Å²) < 4.78 is 8.04. The van der Waals surface area contributed by atoms with Crippen molar-refractivity contribution in [3.63, 3.8) is 0 Å². The highest BCUT2D eigenvalue weighted by Crippen LogP contribution is 2.36. The molecule has 4 aromatic carbocycles. The Morgan fingerprint density at radius 2 is 1.30 bits per heavy atom. The molecule has 8 rings (SSSR count). The van der Waals surface area contributed by atoms with Crippen molar-refractivity contribution < 1.29 is 9.53 Å². The topological polar surface area (TPSA) is 95.0 Å². The van der Waals surface area contributed by atoms with E-state index in [1.54, 1.807) is 27.0 Å². The van der Waals surface area contributed by atoms with E-state index in [1.807, 2.05) is 48.5 Å². The van der Waals surface area contributed by atoms with E-state index in [2.05, 4.69) is 0 Å². The van der Waals surface area contributed by atoms with E-state index >= 15 is 0 Å². The molecule has 0 spiro atoms. The van der Waals surface area contributed by atoms with Gasteiger partial charge in [0.05, 0.1) is 35.6 Å². The zero-order valence-corrected chi connectivity index (χ0v) is 19.5. The summed E-state index contributed by atoms with van der Waals surface area (Å²) in [6, 6.07) is 20.3. The molecule has 0 aliphatic carbocycles. The molecule has 0 unspecified atom stereocenters. The van der Waals surface area contributed by atoms with Gasteiger partial charge < -0.3 is 4.74 Å². The molecule has 0 saturated carbocycles. The molecule has 0 aliphatic heterocycles. The maximum atomic E-state index is 13.9. The van der Waals surface area contributed by atoms with Gasteiger partial charge in [-0.15, -0.1) is 0 Å². The number of hydrogen-bond acceptors (Lipinski definition) is 6. The van der Waals surface area contributed by atoms with Gasteiger partial charge in [-0.3, -0.25) is 23.2 Å². The Kier molecular flexibility index (Phi) is 3.68. The van der Waals surface area contributed by atoms with Gasteiger partial charge in [0.2, 0.25) is 0 Å². The highest BCUT2D eigenvalue weighted by Gasteiger charge is 2.22. The summed E-state index contributed by atoms with van der Waals surface area (Å²) in [5.41, 5.74) is 4.18. The van der Waals surface area contributed by atoms with Gasteiger partial charge in [-0.1, -0.05) is 18.2 Å². The summed E-state index contributed by atoms with van der Waals surface area (Å²) in [5, 5.41) is 4.05. The lowest BCUT2D eigenvalue weighted by Crippen LogP contribution is -2.16. The number of nitrogens with zero attached hydrogens (tertiary/aromatic N) is 4. The molecule has 8 heteroatoms. The molecule has 0 saturated heterocycles. The minimum Gasteiger partial charge on any atom is -0.469 e. The van der Waals surface area contributed by atoms with Gasteiger partial charge in [0.15, 0.2) is 0 Å². The lowest BCUT2D eigenvalue weighted by atomic mass is 9.96. The minimum absolute atomic E-state index is 0.100. The van der Waals surface area contributed by atoms with Gasteiger partial charge in [-0.2, -0.15) is 0 Å². The second-order valence-electron chi connectivity index (χ2n) is 9.29. The summed E-state index contributed by atoms with van der Waals surface area (Å²) >= 11 is 0. The molecule has 0 aliphatic rings. The zero-order valence-electron chi connectivity index (χ0n) is 19.5. The van der Waals surface area contributed by atoms with E-state index in [1.165, 1.54) is 7.11 Å². The largest absolute Gasteiger partial charge is 0.469 e. The van der Waals surface area contributed by atoms with Crippen LogP contribution in [0.3, 0.4) is 0 Å². The van der Waals surface area contributed by atoms with Crippen molar-refractivity contribution in [2.45, 2.75) is 6.42 Å². The van der Waals surface area contributed by atoms with Gasteiger partial charge in [0, 0.05) is 32.3 Å². The number of benzene rings is 4. The van der Waals surface area contributed by atoms with Crippen LogP contribution in [0, 0.1) is 0 Å². The first kappa shape index (κ1) is 20.1. The molecule has 0 fully saturated rings. The fraction of sp³-hybridized carbons (Fsp3) is 0.0690. The number of fused-ring (bicyclic) bond motifs is 8. The Hall–Kier alpha value is -5.11. The predicted octanol–water partition coefficient (Wildman–Crippen LogP) is 4.06. The number of hydrogen-bond donors (Lipinski definition) is 0. The Bertz CT molecular complexity index is 2390. The van der Waals surface area contributed by atoms with E-state index < -0.39 is 0 Å². The van der Waals surface area contributed by atoms with Crippen LogP contribution in [0.1, 0.15) is 5.56 Å². The second kappa shape index (κ2) is 6.76. The number of rotatable bonds is 2. The van der Waals surface area contributed by atoms with E-state index in [4.69, 9.17) is 14.7 Å². The average Bonchev–Trinajstić information content (AvgIpc) is 3.49. The van der Waals surface area contributed by atoms with Gasteiger partial charge in [-0.25, -0.2) is 9.97 Å². The summed E-state index contributed by atoms with van der Waals surface area (Å²) in [4.78, 5) is 49.0. The first-order valence-corrected chi connectivity index (χ1v) is 11.8. The van der Waals surface area contributed by atoms with Crippen LogP contribution in [0.4, 0.5) is 0 Å². The van der Waals surface area contributed by atoms with Crippen molar-refractivity contribution in [1.82, 2.24) is 18.8 Å². The normalized spacial score (nSPS) is 12.4. The molecule has 4 heterocycles. The van der Waals surface area contributed by atoms with Crippen LogP contribution in [-0.2, 0) is 16.0 Å². The van der Waals surface area contributed by atoms with E-state index in [9.17, 15) is 14.4 Å². The SMILES string of the molecule is COC(=O)Cc1ccc2nc3c4ccc5c6c(ccc(c(=O)n3c2c1)c46)c(=O)n1c2ccccc2nc51. The van der Waals surface area contributed by atoms with Crippen LogP contribution < -0.4 is 11.1 Å². The summed E-state index contributed by atoms with van der Waals surface area (Å²) in [5.74, 6) is -0.357. The predicted molar refractivity (Wildman–Crippen MR) is 142 cm³/mol. The highest BCUT2D eigenvalue weighted by atomic mass is 16.5.